The lowest BCUT2D eigenvalue weighted by Gasteiger charge is -2.27. The summed E-state index contributed by atoms with van der Waals surface area (Å²) in [6.45, 7) is 11.5. The molecule has 2 aromatic rings. The number of morpholine rings is 1. The molecule has 1 heterocycles. The Kier molecular flexibility index (Phi) is 7.19. The topological polar surface area (TPSA) is 75.7 Å². The maximum absolute atomic E-state index is 13.2. The Morgan fingerprint density at radius 2 is 1.58 bits per heavy atom. The van der Waals surface area contributed by atoms with Crippen molar-refractivity contribution in [3.63, 3.8) is 0 Å². The molecule has 0 bridgehead atoms. The van der Waals surface area contributed by atoms with Crippen molar-refractivity contribution in [2.75, 3.05) is 31.6 Å². The second-order valence-electron chi connectivity index (χ2n) is 8.57. The molecule has 6 nitrogen and oxygen atoms in total. The first kappa shape index (κ1) is 23.4. The predicted molar refractivity (Wildman–Crippen MR) is 123 cm³/mol. The lowest BCUT2D eigenvalue weighted by molar-refractivity contribution is 0.0730. The number of hydrogen-bond acceptors (Lipinski definition) is 4. The van der Waals surface area contributed by atoms with Crippen LogP contribution in [0.3, 0.4) is 0 Å². The molecule has 1 aliphatic rings. The zero-order valence-corrected chi connectivity index (χ0v) is 19.8. The van der Waals surface area contributed by atoms with Gasteiger partial charge in [-0.2, -0.15) is 4.31 Å². The van der Waals surface area contributed by atoms with Crippen molar-refractivity contribution in [2.24, 2.45) is 0 Å². The highest BCUT2D eigenvalue weighted by Crippen LogP contribution is 2.33. The Labute approximate surface area is 185 Å². The number of carbonyl (C=O) groups is 1. The van der Waals surface area contributed by atoms with Crippen LogP contribution in [0.2, 0.25) is 0 Å². The van der Waals surface area contributed by atoms with E-state index in [9.17, 15) is 13.2 Å². The number of benzene rings is 2. The fourth-order valence-corrected chi connectivity index (χ4v) is 5.49. The van der Waals surface area contributed by atoms with E-state index in [1.54, 1.807) is 19.1 Å². The molecule has 7 heteroatoms. The molecule has 0 unspecified atom stereocenters. The summed E-state index contributed by atoms with van der Waals surface area (Å²) in [5.74, 6) is 0.169. The van der Waals surface area contributed by atoms with Gasteiger partial charge in [0.15, 0.2) is 0 Å². The minimum Gasteiger partial charge on any atom is -0.379 e. The van der Waals surface area contributed by atoms with Gasteiger partial charge >= 0.3 is 0 Å². The molecule has 0 saturated carbocycles. The lowest BCUT2D eigenvalue weighted by Crippen LogP contribution is -2.40. The second kappa shape index (κ2) is 9.51. The third-order valence-electron chi connectivity index (χ3n) is 5.65. The van der Waals surface area contributed by atoms with Gasteiger partial charge in [0.2, 0.25) is 10.0 Å². The molecular weight excluding hydrogens is 412 g/mol. The number of rotatable bonds is 6. The number of carbonyl (C=O) groups excluding carboxylic acids is 1. The molecule has 0 aromatic heterocycles. The highest BCUT2D eigenvalue weighted by molar-refractivity contribution is 7.89. The summed E-state index contributed by atoms with van der Waals surface area (Å²) in [5, 5.41) is 3.07. The van der Waals surface area contributed by atoms with Crippen LogP contribution in [0.25, 0.3) is 0 Å². The molecule has 1 saturated heterocycles. The Hall–Kier alpha value is -2.22. The summed E-state index contributed by atoms with van der Waals surface area (Å²) < 4.78 is 33.0. The van der Waals surface area contributed by atoms with E-state index in [-0.39, 0.29) is 22.6 Å². The van der Waals surface area contributed by atoms with E-state index < -0.39 is 10.0 Å². The average Bonchev–Trinajstić information content (AvgIpc) is 2.74. The number of hydrogen-bond donors (Lipinski definition) is 1. The van der Waals surface area contributed by atoms with E-state index in [0.717, 1.165) is 16.8 Å². The van der Waals surface area contributed by atoms with Gasteiger partial charge in [-0.3, -0.25) is 4.79 Å². The number of nitrogens with one attached hydrogen (secondary N) is 1. The normalized spacial score (nSPS) is 15.5. The van der Waals surface area contributed by atoms with E-state index in [0.29, 0.717) is 37.4 Å². The van der Waals surface area contributed by atoms with E-state index in [4.69, 9.17) is 4.74 Å². The van der Waals surface area contributed by atoms with E-state index in [1.807, 2.05) is 18.2 Å². The zero-order valence-electron chi connectivity index (χ0n) is 18.9. The van der Waals surface area contributed by atoms with Crippen LogP contribution in [0.15, 0.2) is 41.3 Å². The van der Waals surface area contributed by atoms with Gasteiger partial charge in [0.1, 0.15) is 0 Å². The third-order valence-corrected chi connectivity index (χ3v) is 7.69. The van der Waals surface area contributed by atoms with Gasteiger partial charge in [-0.1, -0.05) is 52.0 Å². The fraction of sp³-hybridized carbons (Fsp3) is 0.458. The molecule has 1 aliphatic heterocycles. The van der Waals surface area contributed by atoms with Crippen molar-refractivity contribution in [3.8, 4) is 0 Å². The van der Waals surface area contributed by atoms with Gasteiger partial charge in [-0.15, -0.1) is 0 Å². The Morgan fingerprint density at radius 3 is 2.13 bits per heavy atom. The van der Waals surface area contributed by atoms with E-state index >= 15 is 0 Å². The smallest absolute Gasteiger partial charge is 0.255 e. The van der Waals surface area contributed by atoms with Crippen molar-refractivity contribution in [1.82, 2.24) is 4.31 Å². The van der Waals surface area contributed by atoms with Crippen molar-refractivity contribution in [3.05, 3.63) is 58.7 Å². The number of ether oxygens (including phenoxy) is 1. The van der Waals surface area contributed by atoms with Gasteiger partial charge in [0.05, 0.1) is 18.1 Å². The van der Waals surface area contributed by atoms with Gasteiger partial charge in [0, 0.05) is 24.3 Å². The summed E-state index contributed by atoms with van der Waals surface area (Å²) in [6.07, 6.45) is 0. The number of para-hydroxylation sites is 1. The molecule has 2 aromatic carbocycles. The first-order valence-corrected chi connectivity index (χ1v) is 12.2. The maximum Gasteiger partial charge on any atom is 0.255 e. The summed E-state index contributed by atoms with van der Waals surface area (Å²) in [5.41, 5.74) is 3.88. The first-order valence-electron chi connectivity index (χ1n) is 10.8. The average molecular weight is 445 g/mol. The number of anilines is 1. The van der Waals surface area contributed by atoms with Crippen molar-refractivity contribution >= 4 is 21.6 Å². The predicted octanol–water partition coefficient (Wildman–Crippen LogP) is 4.52. The van der Waals surface area contributed by atoms with E-state index in [2.05, 4.69) is 33.0 Å². The van der Waals surface area contributed by atoms with Crippen LogP contribution in [-0.4, -0.2) is 44.9 Å². The molecule has 31 heavy (non-hydrogen) atoms. The van der Waals surface area contributed by atoms with E-state index in [1.165, 1.54) is 10.4 Å². The number of amides is 1. The quantitative estimate of drug-likeness (QED) is 0.711. The fourth-order valence-electron chi connectivity index (χ4n) is 3.83. The van der Waals surface area contributed by atoms with Gasteiger partial charge in [0.25, 0.3) is 5.91 Å². The minimum absolute atomic E-state index is 0.170. The standard InChI is InChI=1S/C24H32N2O4S/c1-16(2)20-7-6-8-21(17(3)4)23(20)25-24(27)19-10-9-18(5)22(15-19)31(28,29)26-11-13-30-14-12-26/h6-10,15-17H,11-14H2,1-5H3,(H,25,27). The molecule has 168 valence electrons. The number of aryl methyl sites for hydroxylation is 1. The second-order valence-corrected chi connectivity index (χ2v) is 10.5. The molecule has 0 atom stereocenters. The van der Waals surface area contributed by atoms with Crippen LogP contribution in [-0.2, 0) is 14.8 Å². The summed E-state index contributed by atoms with van der Waals surface area (Å²) in [4.78, 5) is 13.4. The summed E-state index contributed by atoms with van der Waals surface area (Å²) in [7, 11) is -3.69. The molecule has 1 N–H and O–H groups in total. The van der Waals surface area contributed by atoms with Crippen LogP contribution in [0.1, 0.15) is 66.6 Å². The monoisotopic (exact) mass is 444 g/mol. The molecule has 0 radical (unpaired) electrons. The van der Waals surface area contributed by atoms with Gasteiger partial charge in [-0.05, 0) is 47.6 Å². The molecule has 1 fully saturated rings. The molecule has 3 rings (SSSR count). The molecule has 1 amide bonds. The van der Waals surface area contributed by atoms with Crippen LogP contribution in [0, 0.1) is 6.92 Å². The van der Waals surface area contributed by atoms with Crippen LogP contribution in [0.4, 0.5) is 5.69 Å². The molecule has 0 aliphatic carbocycles. The Bertz CT molecular complexity index is 1030. The third kappa shape index (κ3) is 5.00. The largest absolute Gasteiger partial charge is 0.379 e. The maximum atomic E-state index is 13.2. The Morgan fingerprint density at radius 1 is 1.00 bits per heavy atom. The zero-order chi connectivity index (χ0) is 22.8. The first-order chi connectivity index (χ1) is 14.6. The van der Waals surface area contributed by atoms with Crippen molar-refractivity contribution in [2.45, 2.75) is 51.3 Å². The number of sulfonamides is 1. The number of nitrogens with zero attached hydrogens (tertiary/aromatic N) is 1. The molecular formula is C24H32N2O4S. The van der Waals surface area contributed by atoms with Gasteiger partial charge < -0.3 is 10.1 Å². The van der Waals surface area contributed by atoms with Gasteiger partial charge in [-0.25, -0.2) is 8.42 Å². The van der Waals surface area contributed by atoms with Crippen LogP contribution in [0.5, 0.6) is 0 Å². The van der Waals surface area contributed by atoms with Crippen molar-refractivity contribution in [1.29, 1.82) is 0 Å². The minimum atomic E-state index is -3.69. The highest BCUT2D eigenvalue weighted by Gasteiger charge is 2.28. The molecule has 0 spiro atoms. The summed E-state index contributed by atoms with van der Waals surface area (Å²) >= 11 is 0. The van der Waals surface area contributed by atoms with Crippen LogP contribution < -0.4 is 5.32 Å². The Balaban J connectivity index is 1.97. The lowest BCUT2D eigenvalue weighted by atomic mass is 9.92. The SMILES string of the molecule is Cc1ccc(C(=O)Nc2c(C(C)C)cccc2C(C)C)cc1S(=O)(=O)N1CCOCC1. The summed E-state index contributed by atoms with van der Waals surface area (Å²) in [6, 6.07) is 10.9. The highest BCUT2D eigenvalue weighted by atomic mass is 32.2. The van der Waals surface area contributed by atoms with Crippen LogP contribution >= 0.6 is 0 Å². The van der Waals surface area contributed by atoms with Crippen molar-refractivity contribution < 1.29 is 17.9 Å².